The number of hydrogen-bond acceptors (Lipinski definition) is 5. The Balaban J connectivity index is 1.70. The minimum Gasteiger partial charge on any atom is -0.379 e. The molecule has 8 heteroatoms. The Labute approximate surface area is 185 Å². The summed E-state index contributed by atoms with van der Waals surface area (Å²) in [4.78, 5) is 14.9. The first kappa shape index (κ1) is 23.4. The van der Waals surface area contributed by atoms with Gasteiger partial charge in [0, 0.05) is 25.3 Å². The molecule has 1 aliphatic rings. The van der Waals surface area contributed by atoms with Crippen molar-refractivity contribution in [3.8, 4) is 0 Å². The first-order chi connectivity index (χ1) is 14.8. The van der Waals surface area contributed by atoms with Gasteiger partial charge in [0.05, 0.1) is 24.7 Å². The molecule has 7 nitrogen and oxygen atoms in total. The summed E-state index contributed by atoms with van der Waals surface area (Å²) in [7, 11) is -3.63. The van der Waals surface area contributed by atoms with Crippen LogP contribution in [0.4, 0.5) is 5.69 Å². The Kier molecular flexibility index (Phi) is 7.83. The van der Waals surface area contributed by atoms with Crippen molar-refractivity contribution in [1.29, 1.82) is 0 Å². The summed E-state index contributed by atoms with van der Waals surface area (Å²) in [5.74, 6) is -0.172. The second-order valence-electron chi connectivity index (χ2n) is 7.77. The Morgan fingerprint density at radius 1 is 1.10 bits per heavy atom. The van der Waals surface area contributed by atoms with Gasteiger partial charge in [-0.1, -0.05) is 37.3 Å². The van der Waals surface area contributed by atoms with Gasteiger partial charge in [0.25, 0.3) is 0 Å². The maximum atomic E-state index is 13.1. The van der Waals surface area contributed by atoms with E-state index in [2.05, 4.69) is 29.3 Å². The zero-order valence-electron chi connectivity index (χ0n) is 18.4. The van der Waals surface area contributed by atoms with Crippen molar-refractivity contribution in [3.63, 3.8) is 0 Å². The molecule has 1 fully saturated rings. The lowest BCUT2D eigenvalue weighted by Gasteiger charge is -2.27. The quantitative estimate of drug-likeness (QED) is 0.676. The van der Waals surface area contributed by atoms with E-state index >= 15 is 0 Å². The zero-order valence-corrected chi connectivity index (χ0v) is 19.2. The number of likely N-dealkylation sites (N-methyl/N-ethyl adjacent to an activating group) is 1. The number of ether oxygens (including phenoxy) is 1. The van der Waals surface area contributed by atoms with Gasteiger partial charge in [-0.3, -0.25) is 9.69 Å². The number of morpholine rings is 1. The number of nitrogens with zero attached hydrogens (tertiary/aromatic N) is 2. The molecule has 1 aliphatic heterocycles. The number of anilines is 1. The molecule has 0 spiro atoms. The number of aryl methyl sites for hydroxylation is 2. The summed E-state index contributed by atoms with van der Waals surface area (Å²) < 4.78 is 32.8. The van der Waals surface area contributed by atoms with Crippen molar-refractivity contribution in [2.45, 2.75) is 32.2 Å². The smallest absolute Gasteiger partial charge is 0.243 e. The van der Waals surface area contributed by atoms with Crippen LogP contribution in [0, 0.1) is 13.8 Å². The van der Waals surface area contributed by atoms with E-state index in [9.17, 15) is 13.2 Å². The molecule has 2 aromatic carbocycles. The van der Waals surface area contributed by atoms with E-state index in [1.165, 1.54) is 15.4 Å². The van der Waals surface area contributed by atoms with Crippen LogP contribution < -0.4 is 5.32 Å². The highest BCUT2D eigenvalue weighted by Crippen LogP contribution is 2.24. The number of nitrogens with one attached hydrogen (secondary N) is 1. The van der Waals surface area contributed by atoms with Crippen LogP contribution in [0.15, 0.2) is 47.4 Å². The van der Waals surface area contributed by atoms with Crippen LogP contribution in [0.3, 0.4) is 0 Å². The molecule has 1 N–H and O–H groups in total. The molecule has 1 saturated heterocycles. The second-order valence-corrected chi connectivity index (χ2v) is 9.68. The van der Waals surface area contributed by atoms with Crippen molar-refractivity contribution >= 4 is 21.6 Å². The zero-order chi connectivity index (χ0) is 22.4. The van der Waals surface area contributed by atoms with Crippen LogP contribution in [-0.4, -0.2) is 62.9 Å². The average molecular weight is 446 g/mol. The van der Waals surface area contributed by atoms with Crippen LogP contribution in [-0.2, 0) is 26.1 Å². The largest absolute Gasteiger partial charge is 0.379 e. The van der Waals surface area contributed by atoms with Crippen molar-refractivity contribution in [2.24, 2.45) is 0 Å². The number of carbonyl (C=O) groups excluding carboxylic acids is 1. The predicted octanol–water partition coefficient (Wildman–Crippen LogP) is 2.78. The van der Waals surface area contributed by atoms with Crippen molar-refractivity contribution in [1.82, 2.24) is 9.21 Å². The third-order valence-corrected chi connectivity index (χ3v) is 7.57. The van der Waals surface area contributed by atoms with Crippen molar-refractivity contribution in [2.75, 3.05) is 44.7 Å². The van der Waals surface area contributed by atoms with E-state index in [-0.39, 0.29) is 17.3 Å². The molecule has 0 saturated carbocycles. The van der Waals surface area contributed by atoms with E-state index in [0.29, 0.717) is 44.1 Å². The number of hydrogen-bond donors (Lipinski definition) is 1. The van der Waals surface area contributed by atoms with Gasteiger partial charge >= 0.3 is 0 Å². The van der Waals surface area contributed by atoms with Crippen molar-refractivity contribution in [3.05, 3.63) is 59.2 Å². The van der Waals surface area contributed by atoms with E-state index < -0.39 is 10.0 Å². The van der Waals surface area contributed by atoms with Gasteiger partial charge in [-0.15, -0.1) is 0 Å². The maximum Gasteiger partial charge on any atom is 0.243 e. The van der Waals surface area contributed by atoms with E-state index in [1.54, 1.807) is 25.1 Å². The normalized spacial score (nSPS) is 15.2. The second kappa shape index (κ2) is 10.4. The first-order valence-corrected chi connectivity index (χ1v) is 12.0. The molecule has 0 atom stereocenters. The minimum atomic E-state index is -3.63. The fourth-order valence-corrected chi connectivity index (χ4v) is 5.25. The lowest BCUT2D eigenvalue weighted by Crippen LogP contribution is -2.40. The molecule has 0 aliphatic carbocycles. The number of benzene rings is 2. The third kappa shape index (κ3) is 5.92. The van der Waals surface area contributed by atoms with Gasteiger partial charge in [-0.25, -0.2) is 8.42 Å². The Hall–Kier alpha value is -2.26. The monoisotopic (exact) mass is 445 g/mol. The van der Waals surface area contributed by atoms with Crippen LogP contribution in [0.2, 0.25) is 0 Å². The Morgan fingerprint density at radius 3 is 2.48 bits per heavy atom. The average Bonchev–Trinajstić information content (AvgIpc) is 2.76. The summed E-state index contributed by atoms with van der Waals surface area (Å²) >= 11 is 0. The number of rotatable bonds is 8. The van der Waals surface area contributed by atoms with Gasteiger partial charge in [0.2, 0.25) is 15.9 Å². The highest BCUT2D eigenvalue weighted by atomic mass is 32.2. The van der Waals surface area contributed by atoms with Gasteiger partial charge in [-0.2, -0.15) is 4.31 Å². The molecule has 0 aromatic heterocycles. The van der Waals surface area contributed by atoms with Crippen LogP contribution >= 0.6 is 0 Å². The summed E-state index contributed by atoms with van der Waals surface area (Å²) in [5, 5.41) is 2.86. The lowest BCUT2D eigenvalue weighted by atomic mass is 10.1. The fraction of sp³-hybridized carbons (Fsp3) is 0.435. The Morgan fingerprint density at radius 2 is 1.81 bits per heavy atom. The summed E-state index contributed by atoms with van der Waals surface area (Å²) in [6.07, 6.45) is 0. The van der Waals surface area contributed by atoms with E-state index in [1.807, 2.05) is 19.1 Å². The molecule has 1 amide bonds. The van der Waals surface area contributed by atoms with Gasteiger partial charge < -0.3 is 10.1 Å². The summed E-state index contributed by atoms with van der Waals surface area (Å²) in [6.45, 7) is 8.93. The fourth-order valence-electron chi connectivity index (χ4n) is 3.59. The van der Waals surface area contributed by atoms with E-state index in [0.717, 1.165) is 6.54 Å². The van der Waals surface area contributed by atoms with E-state index in [4.69, 9.17) is 4.74 Å². The third-order valence-electron chi connectivity index (χ3n) is 5.53. The molecule has 1 heterocycles. The van der Waals surface area contributed by atoms with Crippen LogP contribution in [0.25, 0.3) is 0 Å². The molecule has 0 bridgehead atoms. The first-order valence-electron chi connectivity index (χ1n) is 10.6. The lowest BCUT2D eigenvalue weighted by molar-refractivity contribution is -0.117. The molecule has 0 radical (unpaired) electrons. The Bertz CT molecular complexity index is 1020. The predicted molar refractivity (Wildman–Crippen MR) is 122 cm³/mol. The van der Waals surface area contributed by atoms with Crippen LogP contribution in [0.1, 0.15) is 23.6 Å². The highest BCUT2D eigenvalue weighted by molar-refractivity contribution is 7.89. The number of sulfonamides is 1. The molecular weight excluding hydrogens is 414 g/mol. The summed E-state index contributed by atoms with van der Waals surface area (Å²) in [5.41, 5.74) is 3.51. The number of carbonyl (C=O) groups is 1. The summed E-state index contributed by atoms with van der Waals surface area (Å²) in [6, 6.07) is 13.2. The molecule has 2 aromatic rings. The minimum absolute atomic E-state index is 0.172. The molecular formula is C23H31N3O4S. The standard InChI is InChI=1S/C23H31N3O4S/c1-4-25(16-20-8-6-5-7-18(20)2)17-23(27)24-21-10-9-19(3)22(15-21)31(28,29)26-11-13-30-14-12-26/h5-10,15H,4,11-14,16-17H2,1-3H3,(H,24,27). The van der Waals surface area contributed by atoms with Crippen molar-refractivity contribution < 1.29 is 17.9 Å². The van der Waals surface area contributed by atoms with Gasteiger partial charge in [-0.05, 0) is 49.2 Å². The maximum absolute atomic E-state index is 13.1. The van der Waals surface area contributed by atoms with Gasteiger partial charge in [0.1, 0.15) is 0 Å². The topological polar surface area (TPSA) is 79.0 Å². The molecule has 168 valence electrons. The molecule has 0 unspecified atom stereocenters. The van der Waals surface area contributed by atoms with Gasteiger partial charge in [0.15, 0.2) is 0 Å². The highest BCUT2D eigenvalue weighted by Gasteiger charge is 2.28. The van der Waals surface area contributed by atoms with Crippen LogP contribution in [0.5, 0.6) is 0 Å². The molecule has 3 rings (SSSR count). The number of amides is 1. The molecule has 31 heavy (non-hydrogen) atoms. The SMILES string of the molecule is CCN(CC(=O)Nc1ccc(C)c(S(=O)(=O)N2CCOCC2)c1)Cc1ccccc1C.